The van der Waals surface area contributed by atoms with Crippen molar-refractivity contribution in [3.63, 3.8) is 0 Å². The summed E-state index contributed by atoms with van der Waals surface area (Å²) in [5.74, 6) is 0.949. The van der Waals surface area contributed by atoms with Crippen LogP contribution in [0.25, 0.3) is 31.3 Å². The summed E-state index contributed by atoms with van der Waals surface area (Å²) in [5.41, 5.74) is 31.6. The van der Waals surface area contributed by atoms with Gasteiger partial charge in [0.2, 0.25) is 0 Å². The summed E-state index contributed by atoms with van der Waals surface area (Å²) in [6, 6.07) is 5.34. The number of amides is 1. The van der Waals surface area contributed by atoms with E-state index in [1.165, 1.54) is 0 Å². The third kappa shape index (κ3) is 9.67. The van der Waals surface area contributed by atoms with Crippen molar-refractivity contribution in [1.29, 1.82) is 0 Å². The van der Waals surface area contributed by atoms with Crippen molar-refractivity contribution in [3.05, 3.63) is 66.2 Å². The van der Waals surface area contributed by atoms with E-state index in [2.05, 4.69) is 42.2 Å². The van der Waals surface area contributed by atoms with Crippen LogP contribution in [0.15, 0.2) is 33.5 Å². The molecule has 2 N–H and O–H groups in total. The van der Waals surface area contributed by atoms with Gasteiger partial charge in [0.25, 0.3) is 5.91 Å². The summed E-state index contributed by atoms with van der Waals surface area (Å²) in [6.45, 7) is 0.595. The largest absolute Gasteiger partial charge is 0.359 e. The first-order chi connectivity index (χ1) is 11.1. The van der Waals surface area contributed by atoms with Crippen molar-refractivity contribution >= 4 is 5.91 Å². The average molecular weight is 312 g/mol. The Morgan fingerprint density at radius 3 is 1.39 bits per heavy atom. The van der Waals surface area contributed by atoms with E-state index < -0.39 is 5.91 Å². The van der Waals surface area contributed by atoms with Crippen LogP contribution in [0.3, 0.4) is 0 Å². The van der Waals surface area contributed by atoms with Gasteiger partial charge >= 0.3 is 0 Å². The molecule has 0 spiro atoms. The first-order valence-corrected chi connectivity index (χ1v) is 5.97. The second-order valence-corrected chi connectivity index (χ2v) is 3.83. The van der Waals surface area contributed by atoms with Gasteiger partial charge in [-0.3, -0.25) is 4.79 Å². The molecule has 1 aromatic carbocycles. The fraction of sp³-hybridized carbons (Fsp3) is 0.250. The van der Waals surface area contributed by atoms with Crippen molar-refractivity contribution in [2.24, 2.45) is 21.1 Å². The summed E-state index contributed by atoms with van der Waals surface area (Å²) >= 11 is 0. The average Bonchev–Trinajstić information content (AvgIpc) is 2.56. The fourth-order valence-electron chi connectivity index (χ4n) is 1.45. The first kappa shape index (κ1) is 19.2. The summed E-state index contributed by atoms with van der Waals surface area (Å²) < 4.78 is 0. The number of carbonyl (C=O) groups excluding carboxylic acids is 1. The number of nitrogens with two attached hydrogens (primary N) is 1. The Hall–Kier alpha value is -3.82. The van der Waals surface area contributed by atoms with Crippen LogP contribution < -0.4 is 5.73 Å². The fourth-order valence-corrected chi connectivity index (χ4v) is 1.45. The molecular formula is C12H12N10O. The molecule has 1 aromatic rings. The predicted molar refractivity (Wildman–Crippen MR) is 83.0 cm³/mol. The monoisotopic (exact) mass is 312 g/mol. The normalized spacial score (nSPS) is 7.96. The van der Waals surface area contributed by atoms with Crippen molar-refractivity contribution in [2.75, 3.05) is 0 Å². The van der Waals surface area contributed by atoms with E-state index in [0.717, 1.165) is 16.7 Å². The number of terminal acetylenes is 1. The number of primary amides is 1. The summed E-state index contributed by atoms with van der Waals surface area (Å²) in [6.07, 6.45) is 4.45. The van der Waals surface area contributed by atoms with Gasteiger partial charge in [-0.2, -0.15) is 0 Å². The van der Waals surface area contributed by atoms with E-state index in [-0.39, 0.29) is 19.6 Å². The topological polar surface area (TPSA) is 189 Å². The zero-order chi connectivity index (χ0) is 17.5. The molecule has 0 heterocycles. The van der Waals surface area contributed by atoms with E-state index in [1.807, 2.05) is 0 Å². The molecule has 0 saturated carbocycles. The Morgan fingerprint density at radius 1 is 0.957 bits per heavy atom. The van der Waals surface area contributed by atoms with E-state index in [4.69, 9.17) is 16.6 Å². The van der Waals surface area contributed by atoms with Crippen LogP contribution in [0, 0.1) is 12.3 Å². The molecular weight excluding hydrogens is 300 g/mol. The van der Waals surface area contributed by atoms with Crippen molar-refractivity contribution in [3.8, 4) is 12.3 Å². The van der Waals surface area contributed by atoms with Crippen LogP contribution in [-0.2, 0) is 24.4 Å². The van der Waals surface area contributed by atoms with Crippen LogP contribution in [0.1, 0.15) is 16.7 Å². The van der Waals surface area contributed by atoms with Crippen LogP contribution in [0.5, 0.6) is 0 Å². The molecule has 0 aliphatic rings. The molecule has 116 valence electrons. The molecule has 0 unspecified atom stereocenters. The molecule has 11 nitrogen and oxygen atoms in total. The second kappa shape index (κ2) is 12.0. The minimum absolute atomic E-state index is 0.198. The molecule has 0 aliphatic carbocycles. The van der Waals surface area contributed by atoms with E-state index in [0.29, 0.717) is 0 Å². The SMILES string of the molecule is C#CC(N)=O.[N-]=[N+]=NCc1cc(CN=[N+]=[N-])cc(CN=[N+]=[N-])c1. The Balaban J connectivity index is 0.000000841. The number of hydrogen-bond donors (Lipinski definition) is 1. The number of hydrogen-bond acceptors (Lipinski definition) is 4. The highest BCUT2D eigenvalue weighted by molar-refractivity contribution is 5.91. The Labute approximate surface area is 131 Å². The van der Waals surface area contributed by atoms with Crippen LogP contribution in [0.2, 0.25) is 0 Å². The molecule has 0 bridgehead atoms. The Kier molecular flexibility index (Phi) is 9.97. The quantitative estimate of drug-likeness (QED) is 0.359. The minimum atomic E-state index is -0.718. The standard InChI is InChI=1S/C9H9N9.C3H3NO/c10-16-13-4-7-1-8(5-14-17-11)3-9(2-7)6-15-18-12;1-2-3(4)5/h1-3H,4-6H2;1H,(H2,4,5). The van der Waals surface area contributed by atoms with E-state index in [9.17, 15) is 4.79 Å². The molecule has 0 aliphatic heterocycles. The maximum Gasteiger partial charge on any atom is 0.293 e. The van der Waals surface area contributed by atoms with Gasteiger partial charge < -0.3 is 5.73 Å². The highest BCUT2D eigenvalue weighted by Gasteiger charge is 2.00. The van der Waals surface area contributed by atoms with Crippen LogP contribution in [-0.4, -0.2) is 5.91 Å². The molecule has 0 radical (unpaired) electrons. The molecule has 0 fully saturated rings. The lowest BCUT2D eigenvalue weighted by Gasteiger charge is -2.05. The van der Waals surface area contributed by atoms with E-state index >= 15 is 0 Å². The lowest BCUT2D eigenvalue weighted by atomic mass is 10.1. The van der Waals surface area contributed by atoms with Crippen molar-refractivity contribution in [2.45, 2.75) is 19.6 Å². The maximum atomic E-state index is 9.35. The van der Waals surface area contributed by atoms with Crippen LogP contribution in [0.4, 0.5) is 0 Å². The van der Waals surface area contributed by atoms with Gasteiger partial charge in [0.05, 0.1) is 19.6 Å². The number of carbonyl (C=O) groups is 1. The number of rotatable bonds is 6. The van der Waals surface area contributed by atoms with Crippen LogP contribution >= 0.6 is 0 Å². The first-order valence-electron chi connectivity index (χ1n) is 5.97. The highest BCUT2D eigenvalue weighted by Crippen LogP contribution is 2.14. The lowest BCUT2D eigenvalue weighted by molar-refractivity contribution is -0.112. The van der Waals surface area contributed by atoms with Gasteiger partial charge in [-0.15, -0.1) is 6.42 Å². The smallest absolute Gasteiger partial charge is 0.293 e. The zero-order valence-electron chi connectivity index (χ0n) is 11.9. The van der Waals surface area contributed by atoms with Gasteiger partial charge in [-0.1, -0.05) is 33.5 Å². The lowest BCUT2D eigenvalue weighted by Crippen LogP contribution is -2.05. The van der Waals surface area contributed by atoms with Gasteiger partial charge in [-0.05, 0) is 39.2 Å². The van der Waals surface area contributed by atoms with Crippen molar-refractivity contribution < 1.29 is 4.79 Å². The van der Waals surface area contributed by atoms with Crippen molar-refractivity contribution in [1.82, 2.24) is 0 Å². The molecule has 0 saturated heterocycles. The molecule has 1 rings (SSSR count). The maximum absolute atomic E-state index is 9.35. The third-order valence-electron chi connectivity index (χ3n) is 2.20. The predicted octanol–water partition coefficient (Wildman–Crippen LogP) is 3.22. The number of azide groups is 3. The number of nitrogens with zero attached hydrogens (tertiary/aromatic N) is 9. The molecule has 11 heteroatoms. The van der Waals surface area contributed by atoms with E-state index in [1.54, 1.807) is 24.1 Å². The second-order valence-electron chi connectivity index (χ2n) is 3.83. The Bertz CT molecular complexity index is 637. The third-order valence-corrected chi connectivity index (χ3v) is 2.20. The van der Waals surface area contributed by atoms with Gasteiger partial charge in [0.15, 0.2) is 0 Å². The molecule has 23 heavy (non-hydrogen) atoms. The minimum Gasteiger partial charge on any atom is -0.359 e. The summed E-state index contributed by atoms with van der Waals surface area (Å²) in [7, 11) is 0. The molecule has 0 atom stereocenters. The van der Waals surface area contributed by atoms with Gasteiger partial charge in [-0.25, -0.2) is 0 Å². The molecule has 0 aromatic heterocycles. The Morgan fingerprint density at radius 2 is 1.22 bits per heavy atom. The summed E-state index contributed by atoms with van der Waals surface area (Å²) in [5, 5.41) is 10.4. The molecule has 1 amide bonds. The highest BCUT2D eigenvalue weighted by atomic mass is 16.1. The van der Waals surface area contributed by atoms with Gasteiger partial charge in [0.1, 0.15) is 0 Å². The number of benzene rings is 1. The zero-order valence-corrected chi connectivity index (χ0v) is 11.9. The summed E-state index contributed by atoms with van der Waals surface area (Å²) in [4.78, 5) is 17.4. The van der Waals surface area contributed by atoms with Gasteiger partial charge in [0, 0.05) is 14.7 Å².